The molecule has 0 atom stereocenters. The van der Waals surface area contributed by atoms with Crippen LogP contribution in [0.25, 0.3) is 21.6 Å². The van der Waals surface area contributed by atoms with E-state index in [9.17, 15) is 0 Å². The Morgan fingerprint density at radius 3 is 2.67 bits per heavy atom. The van der Waals surface area contributed by atoms with Crippen LogP contribution in [0.4, 0.5) is 5.82 Å². The molecular weight excluding hydrogens is 280 g/mol. The molecule has 1 fully saturated rings. The third kappa shape index (κ3) is 2.49. The second-order valence-corrected chi connectivity index (χ2v) is 6.31. The zero-order valence-corrected chi connectivity index (χ0v) is 12.4. The topological polar surface area (TPSA) is 50.7 Å². The lowest BCUT2D eigenvalue weighted by Crippen LogP contribution is -2.16. The Hall–Kier alpha value is -2.01. The number of aromatic nitrogens is 3. The van der Waals surface area contributed by atoms with Crippen LogP contribution in [0.5, 0.6) is 0 Å². The summed E-state index contributed by atoms with van der Waals surface area (Å²) >= 11 is 1.70. The Labute approximate surface area is 127 Å². The van der Waals surface area contributed by atoms with Crippen molar-refractivity contribution >= 4 is 27.4 Å². The van der Waals surface area contributed by atoms with Gasteiger partial charge in [0.1, 0.15) is 5.82 Å². The molecule has 0 saturated heterocycles. The number of nitrogens with zero attached hydrogens (tertiary/aromatic N) is 3. The molecule has 5 heteroatoms. The lowest BCUT2D eigenvalue weighted by atomic mass is 10.2. The molecule has 4 nitrogen and oxygen atoms in total. The van der Waals surface area contributed by atoms with Gasteiger partial charge in [-0.15, -0.1) is 11.3 Å². The molecule has 1 N–H and O–H groups in total. The molecule has 3 aromatic rings. The number of hydrogen-bond acceptors (Lipinski definition) is 5. The minimum Gasteiger partial charge on any atom is -0.366 e. The van der Waals surface area contributed by atoms with Crippen molar-refractivity contribution < 1.29 is 0 Å². The second-order valence-electron chi connectivity index (χ2n) is 5.39. The van der Waals surface area contributed by atoms with E-state index in [4.69, 9.17) is 4.98 Å². The number of fused-ring (bicyclic) bond motifs is 1. The van der Waals surface area contributed by atoms with Gasteiger partial charge >= 0.3 is 0 Å². The average Bonchev–Trinajstić information content (AvgIpc) is 3.19. The van der Waals surface area contributed by atoms with Crippen molar-refractivity contribution in [2.45, 2.75) is 31.7 Å². The van der Waals surface area contributed by atoms with E-state index in [0.717, 1.165) is 27.4 Å². The van der Waals surface area contributed by atoms with Crippen LogP contribution in [-0.2, 0) is 0 Å². The van der Waals surface area contributed by atoms with Crippen molar-refractivity contribution in [3.8, 4) is 11.4 Å². The number of anilines is 1. The quantitative estimate of drug-likeness (QED) is 0.790. The summed E-state index contributed by atoms with van der Waals surface area (Å²) in [5.41, 5.74) is 2.02. The van der Waals surface area contributed by atoms with Crippen LogP contribution in [0.2, 0.25) is 0 Å². The molecular formula is C16H16N4S. The molecule has 21 heavy (non-hydrogen) atoms. The van der Waals surface area contributed by atoms with Crippen molar-refractivity contribution in [1.82, 2.24) is 15.0 Å². The predicted octanol–water partition coefficient (Wildman–Crippen LogP) is 4.11. The fraction of sp³-hybridized carbons (Fsp3) is 0.312. The normalized spacial score (nSPS) is 15.6. The van der Waals surface area contributed by atoms with Gasteiger partial charge in [-0.3, -0.25) is 4.98 Å². The van der Waals surface area contributed by atoms with Gasteiger partial charge in [0.15, 0.2) is 5.82 Å². The Kier molecular flexibility index (Phi) is 3.27. The van der Waals surface area contributed by atoms with Crippen LogP contribution in [-0.4, -0.2) is 21.0 Å². The maximum Gasteiger partial charge on any atom is 0.162 e. The maximum atomic E-state index is 4.77. The molecule has 1 aliphatic rings. The summed E-state index contributed by atoms with van der Waals surface area (Å²) in [5, 5.41) is 5.70. The first-order chi connectivity index (χ1) is 10.4. The fourth-order valence-corrected chi connectivity index (χ4v) is 3.64. The molecule has 4 rings (SSSR count). The number of thiophene rings is 1. The van der Waals surface area contributed by atoms with Crippen LogP contribution in [0.1, 0.15) is 25.7 Å². The summed E-state index contributed by atoms with van der Waals surface area (Å²) in [7, 11) is 0. The number of pyridine rings is 1. The first-order valence-electron chi connectivity index (χ1n) is 7.32. The third-order valence-corrected chi connectivity index (χ3v) is 4.85. The SMILES string of the molecule is c1cc(-c2nc(NC3CCCC3)c3sccc3n2)ccn1. The molecule has 0 bridgehead atoms. The summed E-state index contributed by atoms with van der Waals surface area (Å²) in [6.45, 7) is 0. The fourth-order valence-electron chi connectivity index (χ4n) is 2.85. The lowest BCUT2D eigenvalue weighted by molar-refractivity contribution is 0.752. The van der Waals surface area contributed by atoms with Crippen LogP contribution < -0.4 is 5.32 Å². The van der Waals surface area contributed by atoms with E-state index in [2.05, 4.69) is 26.7 Å². The van der Waals surface area contributed by atoms with Gasteiger partial charge in [0.05, 0.1) is 10.2 Å². The zero-order valence-electron chi connectivity index (χ0n) is 11.6. The lowest BCUT2D eigenvalue weighted by Gasteiger charge is -2.14. The van der Waals surface area contributed by atoms with Crippen LogP contribution in [0.15, 0.2) is 36.0 Å². The van der Waals surface area contributed by atoms with Crippen molar-refractivity contribution in [3.05, 3.63) is 36.0 Å². The zero-order chi connectivity index (χ0) is 14.1. The van der Waals surface area contributed by atoms with E-state index in [1.807, 2.05) is 12.1 Å². The smallest absolute Gasteiger partial charge is 0.162 e. The van der Waals surface area contributed by atoms with E-state index in [0.29, 0.717) is 6.04 Å². The Morgan fingerprint density at radius 1 is 1.05 bits per heavy atom. The number of rotatable bonds is 3. The van der Waals surface area contributed by atoms with Gasteiger partial charge in [0, 0.05) is 24.0 Å². The van der Waals surface area contributed by atoms with Crippen LogP contribution in [0.3, 0.4) is 0 Å². The minimum atomic E-state index is 0.551. The predicted molar refractivity (Wildman–Crippen MR) is 86.5 cm³/mol. The van der Waals surface area contributed by atoms with Crippen LogP contribution >= 0.6 is 11.3 Å². The molecule has 1 aliphatic carbocycles. The molecule has 1 saturated carbocycles. The van der Waals surface area contributed by atoms with E-state index < -0.39 is 0 Å². The number of nitrogens with one attached hydrogen (secondary N) is 1. The summed E-state index contributed by atoms with van der Waals surface area (Å²) in [6, 6.07) is 6.52. The molecule has 0 radical (unpaired) electrons. The summed E-state index contributed by atoms with van der Waals surface area (Å²) < 4.78 is 1.15. The molecule has 0 aliphatic heterocycles. The van der Waals surface area contributed by atoms with Gasteiger partial charge in [-0.25, -0.2) is 9.97 Å². The minimum absolute atomic E-state index is 0.551. The monoisotopic (exact) mass is 296 g/mol. The Morgan fingerprint density at radius 2 is 1.86 bits per heavy atom. The first-order valence-corrected chi connectivity index (χ1v) is 8.20. The summed E-state index contributed by atoms with van der Waals surface area (Å²) in [6.07, 6.45) is 8.66. The largest absolute Gasteiger partial charge is 0.366 e. The second kappa shape index (κ2) is 5.41. The highest BCUT2D eigenvalue weighted by atomic mass is 32.1. The van der Waals surface area contributed by atoms with Crippen molar-refractivity contribution in [1.29, 1.82) is 0 Å². The molecule has 0 unspecified atom stereocenters. The van der Waals surface area contributed by atoms with Gasteiger partial charge in [0.2, 0.25) is 0 Å². The van der Waals surface area contributed by atoms with Gasteiger partial charge in [0.25, 0.3) is 0 Å². The molecule has 106 valence electrons. The van der Waals surface area contributed by atoms with Crippen molar-refractivity contribution in [2.24, 2.45) is 0 Å². The molecule has 0 aromatic carbocycles. The van der Waals surface area contributed by atoms with Gasteiger partial charge in [-0.2, -0.15) is 0 Å². The standard InChI is InChI=1S/C16H16N4S/c1-2-4-12(3-1)18-16-14-13(7-10-21-14)19-15(20-16)11-5-8-17-9-6-11/h5-10,12H,1-4H2,(H,18,19,20). The summed E-state index contributed by atoms with van der Waals surface area (Å²) in [4.78, 5) is 13.5. The molecule has 0 amide bonds. The van der Waals surface area contributed by atoms with Gasteiger partial charge < -0.3 is 5.32 Å². The van der Waals surface area contributed by atoms with E-state index in [1.54, 1.807) is 23.7 Å². The van der Waals surface area contributed by atoms with E-state index >= 15 is 0 Å². The molecule has 3 aromatic heterocycles. The van der Waals surface area contributed by atoms with E-state index in [1.165, 1.54) is 25.7 Å². The van der Waals surface area contributed by atoms with Crippen molar-refractivity contribution in [3.63, 3.8) is 0 Å². The van der Waals surface area contributed by atoms with Gasteiger partial charge in [-0.1, -0.05) is 12.8 Å². The highest BCUT2D eigenvalue weighted by Gasteiger charge is 2.18. The Bertz CT molecular complexity index is 747. The number of hydrogen-bond donors (Lipinski definition) is 1. The summed E-state index contributed by atoms with van der Waals surface area (Å²) in [5.74, 6) is 1.75. The first kappa shape index (κ1) is 12.7. The van der Waals surface area contributed by atoms with Crippen molar-refractivity contribution in [2.75, 3.05) is 5.32 Å². The van der Waals surface area contributed by atoms with E-state index in [-0.39, 0.29) is 0 Å². The van der Waals surface area contributed by atoms with Gasteiger partial charge in [-0.05, 0) is 36.4 Å². The highest BCUT2D eigenvalue weighted by molar-refractivity contribution is 7.17. The van der Waals surface area contributed by atoms with Crippen LogP contribution in [0, 0.1) is 0 Å². The maximum absolute atomic E-state index is 4.77. The molecule has 0 spiro atoms. The molecule has 3 heterocycles. The Balaban J connectivity index is 1.78. The average molecular weight is 296 g/mol. The third-order valence-electron chi connectivity index (χ3n) is 3.94. The highest BCUT2D eigenvalue weighted by Crippen LogP contribution is 2.31.